The monoisotopic (exact) mass is 205 g/mol. The summed E-state index contributed by atoms with van der Waals surface area (Å²) in [5, 5.41) is 1.27. The SMILES string of the molecule is CCC(C)c1nc2ccc(C)cc2s1. The lowest BCUT2D eigenvalue weighted by Crippen LogP contribution is -1.88. The van der Waals surface area contributed by atoms with E-state index < -0.39 is 0 Å². The molecule has 1 unspecified atom stereocenters. The summed E-state index contributed by atoms with van der Waals surface area (Å²) < 4.78 is 1.32. The van der Waals surface area contributed by atoms with Crippen molar-refractivity contribution in [3.05, 3.63) is 28.8 Å². The van der Waals surface area contributed by atoms with Gasteiger partial charge >= 0.3 is 0 Å². The van der Waals surface area contributed by atoms with Gasteiger partial charge in [-0.15, -0.1) is 11.3 Å². The zero-order chi connectivity index (χ0) is 10.1. The van der Waals surface area contributed by atoms with Gasteiger partial charge in [-0.1, -0.05) is 19.9 Å². The maximum absolute atomic E-state index is 4.64. The Labute approximate surface area is 88.8 Å². The Balaban J connectivity index is 2.51. The van der Waals surface area contributed by atoms with Crippen LogP contribution in [0, 0.1) is 6.92 Å². The number of thiazole rings is 1. The Morgan fingerprint density at radius 1 is 1.43 bits per heavy atom. The maximum Gasteiger partial charge on any atom is 0.0966 e. The molecule has 2 heteroatoms. The van der Waals surface area contributed by atoms with E-state index in [-0.39, 0.29) is 0 Å². The second-order valence-electron chi connectivity index (χ2n) is 3.83. The van der Waals surface area contributed by atoms with E-state index in [4.69, 9.17) is 0 Å². The molecule has 1 heterocycles. The molecule has 2 aromatic rings. The minimum absolute atomic E-state index is 0.590. The van der Waals surface area contributed by atoms with Gasteiger partial charge in [0, 0.05) is 5.92 Å². The second-order valence-corrected chi connectivity index (χ2v) is 4.89. The first-order valence-electron chi connectivity index (χ1n) is 5.07. The lowest BCUT2D eigenvalue weighted by Gasteiger charge is -2.00. The first-order chi connectivity index (χ1) is 6.70. The molecule has 0 saturated carbocycles. The van der Waals surface area contributed by atoms with Crippen molar-refractivity contribution in [1.29, 1.82) is 0 Å². The van der Waals surface area contributed by atoms with Crippen LogP contribution in [0.4, 0.5) is 0 Å². The molecule has 0 aliphatic heterocycles. The predicted octanol–water partition coefficient (Wildman–Crippen LogP) is 4.12. The summed E-state index contributed by atoms with van der Waals surface area (Å²) in [4.78, 5) is 4.64. The zero-order valence-electron chi connectivity index (χ0n) is 8.87. The molecule has 0 radical (unpaired) electrons. The number of fused-ring (bicyclic) bond motifs is 1. The largest absolute Gasteiger partial charge is 0.241 e. The number of hydrogen-bond acceptors (Lipinski definition) is 2. The number of aryl methyl sites for hydroxylation is 1. The standard InChI is InChI=1S/C12H15NS/c1-4-9(3)12-13-10-6-5-8(2)7-11(10)14-12/h5-7,9H,4H2,1-3H3. The highest BCUT2D eigenvalue weighted by Gasteiger charge is 2.09. The van der Waals surface area contributed by atoms with Gasteiger partial charge in [0.15, 0.2) is 0 Å². The van der Waals surface area contributed by atoms with Crippen molar-refractivity contribution in [2.75, 3.05) is 0 Å². The molecule has 0 saturated heterocycles. The molecule has 0 fully saturated rings. The van der Waals surface area contributed by atoms with E-state index in [9.17, 15) is 0 Å². The number of hydrogen-bond donors (Lipinski definition) is 0. The van der Waals surface area contributed by atoms with Crippen LogP contribution in [0.25, 0.3) is 10.2 Å². The van der Waals surface area contributed by atoms with Gasteiger partial charge in [-0.3, -0.25) is 0 Å². The fraction of sp³-hybridized carbons (Fsp3) is 0.417. The van der Waals surface area contributed by atoms with Crippen molar-refractivity contribution in [2.24, 2.45) is 0 Å². The topological polar surface area (TPSA) is 12.9 Å². The predicted molar refractivity (Wildman–Crippen MR) is 63.1 cm³/mol. The van der Waals surface area contributed by atoms with Crippen LogP contribution in [0.2, 0.25) is 0 Å². The molecule has 0 aliphatic rings. The van der Waals surface area contributed by atoms with E-state index in [2.05, 4.69) is 44.0 Å². The highest BCUT2D eigenvalue weighted by atomic mass is 32.1. The van der Waals surface area contributed by atoms with E-state index in [1.165, 1.54) is 21.7 Å². The summed E-state index contributed by atoms with van der Waals surface area (Å²) in [7, 11) is 0. The van der Waals surface area contributed by atoms with Gasteiger partial charge in [-0.05, 0) is 31.0 Å². The third-order valence-electron chi connectivity index (χ3n) is 2.59. The molecule has 14 heavy (non-hydrogen) atoms. The number of benzene rings is 1. The molecule has 2 rings (SSSR count). The number of rotatable bonds is 2. The summed E-state index contributed by atoms with van der Waals surface area (Å²) in [5.41, 5.74) is 2.47. The summed E-state index contributed by atoms with van der Waals surface area (Å²) >= 11 is 1.83. The van der Waals surface area contributed by atoms with Crippen LogP contribution >= 0.6 is 11.3 Å². The van der Waals surface area contributed by atoms with Crippen molar-refractivity contribution >= 4 is 21.6 Å². The van der Waals surface area contributed by atoms with Crippen molar-refractivity contribution < 1.29 is 0 Å². The lowest BCUT2D eigenvalue weighted by molar-refractivity contribution is 0.729. The van der Waals surface area contributed by atoms with E-state index in [1.807, 2.05) is 11.3 Å². The maximum atomic E-state index is 4.64. The molecule has 0 bridgehead atoms. The minimum atomic E-state index is 0.590. The highest BCUT2D eigenvalue weighted by molar-refractivity contribution is 7.18. The van der Waals surface area contributed by atoms with Crippen LogP contribution in [-0.4, -0.2) is 4.98 Å². The summed E-state index contributed by atoms with van der Waals surface area (Å²) in [5.74, 6) is 0.590. The molecule has 0 aliphatic carbocycles. The average Bonchev–Trinajstić information content (AvgIpc) is 2.59. The normalized spacial score (nSPS) is 13.4. The molecule has 1 atom stereocenters. The summed E-state index contributed by atoms with van der Waals surface area (Å²) in [6.07, 6.45) is 1.17. The molecule has 1 nitrogen and oxygen atoms in total. The van der Waals surface area contributed by atoms with Gasteiger partial charge in [-0.2, -0.15) is 0 Å². The van der Waals surface area contributed by atoms with Crippen molar-refractivity contribution in [3.8, 4) is 0 Å². The molecule has 74 valence electrons. The summed E-state index contributed by atoms with van der Waals surface area (Å²) in [6.45, 7) is 6.58. The van der Waals surface area contributed by atoms with Crippen molar-refractivity contribution in [2.45, 2.75) is 33.1 Å². The Bertz CT molecular complexity index is 445. The molecular formula is C12H15NS. The number of aromatic nitrogens is 1. The molecular weight excluding hydrogens is 190 g/mol. The Hall–Kier alpha value is -0.890. The fourth-order valence-electron chi connectivity index (χ4n) is 1.44. The van der Waals surface area contributed by atoms with E-state index in [0.29, 0.717) is 5.92 Å². The fourth-order valence-corrected chi connectivity index (χ4v) is 2.64. The van der Waals surface area contributed by atoms with Crippen LogP contribution < -0.4 is 0 Å². The van der Waals surface area contributed by atoms with Gasteiger partial charge in [-0.25, -0.2) is 4.98 Å². The zero-order valence-corrected chi connectivity index (χ0v) is 9.69. The molecule has 1 aromatic heterocycles. The number of nitrogens with zero attached hydrogens (tertiary/aromatic N) is 1. The van der Waals surface area contributed by atoms with Gasteiger partial charge in [0.25, 0.3) is 0 Å². The van der Waals surface area contributed by atoms with Crippen molar-refractivity contribution in [1.82, 2.24) is 4.98 Å². The van der Waals surface area contributed by atoms with E-state index in [0.717, 1.165) is 5.52 Å². The van der Waals surface area contributed by atoms with E-state index >= 15 is 0 Å². The van der Waals surface area contributed by atoms with Crippen molar-refractivity contribution in [3.63, 3.8) is 0 Å². The molecule has 0 amide bonds. The first kappa shape index (κ1) is 9.66. The average molecular weight is 205 g/mol. The molecule has 0 spiro atoms. The lowest BCUT2D eigenvalue weighted by atomic mass is 10.1. The Kier molecular flexibility index (Phi) is 2.55. The first-order valence-corrected chi connectivity index (χ1v) is 5.89. The van der Waals surface area contributed by atoms with E-state index in [1.54, 1.807) is 0 Å². The van der Waals surface area contributed by atoms with Crippen LogP contribution in [-0.2, 0) is 0 Å². The smallest absolute Gasteiger partial charge is 0.0966 e. The second kappa shape index (κ2) is 3.70. The Morgan fingerprint density at radius 3 is 2.93 bits per heavy atom. The van der Waals surface area contributed by atoms with Gasteiger partial charge in [0.2, 0.25) is 0 Å². The molecule has 1 aromatic carbocycles. The quantitative estimate of drug-likeness (QED) is 0.718. The van der Waals surface area contributed by atoms with Gasteiger partial charge in [0.05, 0.1) is 15.2 Å². The summed E-state index contributed by atoms with van der Waals surface area (Å²) in [6, 6.07) is 6.47. The van der Waals surface area contributed by atoms with Gasteiger partial charge in [0.1, 0.15) is 0 Å². The Morgan fingerprint density at radius 2 is 2.21 bits per heavy atom. The third-order valence-corrected chi connectivity index (χ3v) is 3.84. The van der Waals surface area contributed by atoms with Crippen LogP contribution in [0.5, 0.6) is 0 Å². The van der Waals surface area contributed by atoms with Gasteiger partial charge < -0.3 is 0 Å². The molecule has 0 N–H and O–H groups in total. The van der Waals surface area contributed by atoms with Crippen LogP contribution in [0.1, 0.15) is 36.8 Å². The van der Waals surface area contributed by atoms with Crippen LogP contribution in [0.15, 0.2) is 18.2 Å². The van der Waals surface area contributed by atoms with Crippen LogP contribution in [0.3, 0.4) is 0 Å². The minimum Gasteiger partial charge on any atom is -0.241 e. The highest BCUT2D eigenvalue weighted by Crippen LogP contribution is 2.29. The third kappa shape index (κ3) is 1.67.